The van der Waals surface area contributed by atoms with Gasteiger partial charge in [0.25, 0.3) is 0 Å². The van der Waals surface area contributed by atoms with Crippen LogP contribution in [-0.4, -0.2) is 41.8 Å². The smallest absolute Gasteiger partial charge is 0.335 e. The Morgan fingerprint density at radius 2 is 2.42 bits per heavy atom. The van der Waals surface area contributed by atoms with E-state index in [1.54, 1.807) is 18.2 Å². The maximum atomic E-state index is 10.9. The largest absolute Gasteiger partial charge is 0.478 e. The van der Waals surface area contributed by atoms with Crippen molar-refractivity contribution in [3.05, 3.63) is 33.8 Å². The van der Waals surface area contributed by atoms with Crippen LogP contribution in [-0.2, 0) is 11.3 Å². The maximum Gasteiger partial charge on any atom is 0.335 e. The first kappa shape index (κ1) is 14.0. The third-order valence-electron chi connectivity index (χ3n) is 2.99. The van der Waals surface area contributed by atoms with Gasteiger partial charge in [0.05, 0.1) is 18.2 Å². The lowest BCUT2D eigenvalue weighted by molar-refractivity contribution is -0.00276. The van der Waals surface area contributed by atoms with Crippen molar-refractivity contribution in [1.82, 2.24) is 4.90 Å². The van der Waals surface area contributed by atoms with Gasteiger partial charge in [-0.25, -0.2) is 4.79 Å². The van der Waals surface area contributed by atoms with Gasteiger partial charge in [-0.2, -0.15) is 5.26 Å². The number of carbonyl (C=O) groups is 1. The molecule has 100 valence electrons. The molecule has 1 aromatic rings. The molecule has 0 radical (unpaired) electrons. The lowest BCUT2D eigenvalue weighted by atomic mass is 10.1. The average molecular weight is 325 g/mol. The summed E-state index contributed by atoms with van der Waals surface area (Å²) in [5.41, 5.74) is 1.26. The van der Waals surface area contributed by atoms with Crippen molar-refractivity contribution in [2.75, 3.05) is 19.7 Å². The topological polar surface area (TPSA) is 73.6 Å². The molecule has 0 aromatic heterocycles. The third kappa shape index (κ3) is 3.53. The number of aromatic carboxylic acids is 1. The molecule has 1 unspecified atom stereocenters. The molecule has 1 fully saturated rings. The Bertz CT molecular complexity index is 527. The molecule has 0 aliphatic carbocycles. The number of halogens is 1. The molecule has 1 N–H and O–H groups in total. The van der Waals surface area contributed by atoms with Crippen LogP contribution < -0.4 is 0 Å². The fourth-order valence-corrected chi connectivity index (χ4v) is 2.48. The van der Waals surface area contributed by atoms with Crippen LogP contribution in [0.4, 0.5) is 0 Å². The standard InChI is InChI=1S/C13H13BrN2O3/c14-12-5-9(13(17)18)1-2-10(12)7-16-3-4-19-11(6-15)8-16/h1-2,5,11H,3-4,7-8H2,(H,17,18). The molecule has 0 amide bonds. The van der Waals surface area contributed by atoms with Crippen LogP contribution >= 0.6 is 15.9 Å². The van der Waals surface area contributed by atoms with Gasteiger partial charge in [0.1, 0.15) is 0 Å². The van der Waals surface area contributed by atoms with Gasteiger partial charge < -0.3 is 9.84 Å². The number of nitriles is 1. The molecule has 1 atom stereocenters. The molecule has 1 aliphatic heterocycles. The van der Waals surface area contributed by atoms with Crippen molar-refractivity contribution in [2.24, 2.45) is 0 Å². The highest BCUT2D eigenvalue weighted by Crippen LogP contribution is 2.21. The van der Waals surface area contributed by atoms with Crippen LogP contribution in [0.2, 0.25) is 0 Å². The highest BCUT2D eigenvalue weighted by atomic mass is 79.9. The minimum atomic E-state index is -0.942. The summed E-state index contributed by atoms with van der Waals surface area (Å²) in [5, 5.41) is 17.8. The van der Waals surface area contributed by atoms with E-state index in [0.717, 1.165) is 16.6 Å². The van der Waals surface area contributed by atoms with E-state index in [1.807, 2.05) is 0 Å². The SMILES string of the molecule is N#CC1CN(Cc2ccc(C(=O)O)cc2Br)CCO1. The monoisotopic (exact) mass is 324 g/mol. The molecule has 1 aliphatic rings. The van der Waals surface area contributed by atoms with Gasteiger partial charge in [-0.05, 0) is 17.7 Å². The molecule has 6 heteroatoms. The average Bonchev–Trinajstić information content (AvgIpc) is 2.41. The van der Waals surface area contributed by atoms with E-state index in [1.165, 1.54) is 0 Å². The van der Waals surface area contributed by atoms with E-state index in [2.05, 4.69) is 26.9 Å². The minimum absolute atomic E-state index is 0.257. The van der Waals surface area contributed by atoms with Gasteiger partial charge >= 0.3 is 5.97 Å². The predicted octanol–water partition coefficient (Wildman–Crippen LogP) is 1.87. The number of morpholine rings is 1. The lowest BCUT2D eigenvalue weighted by Crippen LogP contribution is -2.41. The Morgan fingerprint density at radius 3 is 3.05 bits per heavy atom. The number of hydrogen-bond donors (Lipinski definition) is 1. The molecule has 1 saturated heterocycles. The predicted molar refractivity (Wildman–Crippen MR) is 71.7 cm³/mol. The summed E-state index contributed by atoms with van der Waals surface area (Å²) in [6.45, 7) is 2.56. The number of nitrogens with zero attached hydrogens (tertiary/aromatic N) is 2. The number of hydrogen-bond acceptors (Lipinski definition) is 4. The fourth-order valence-electron chi connectivity index (χ4n) is 1.97. The summed E-state index contributed by atoms with van der Waals surface area (Å²) in [6, 6.07) is 7.09. The van der Waals surface area contributed by atoms with Gasteiger partial charge in [-0.15, -0.1) is 0 Å². The van der Waals surface area contributed by atoms with Gasteiger partial charge in [0.2, 0.25) is 0 Å². The Balaban J connectivity index is 2.07. The summed E-state index contributed by atoms with van der Waals surface area (Å²) in [5.74, 6) is -0.942. The van der Waals surface area contributed by atoms with Crippen molar-refractivity contribution in [3.8, 4) is 6.07 Å². The Labute approximate surface area is 119 Å². The van der Waals surface area contributed by atoms with Crippen LogP contribution in [0.15, 0.2) is 22.7 Å². The minimum Gasteiger partial charge on any atom is -0.478 e. The normalized spacial score (nSPS) is 19.9. The van der Waals surface area contributed by atoms with E-state index >= 15 is 0 Å². The first-order chi connectivity index (χ1) is 9.10. The molecule has 5 nitrogen and oxygen atoms in total. The molecule has 1 heterocycles. The number of rotatable bonds is 3. The van der Waals surface area contributed by atoms with E-state index in [9.17, 15) is 4.79 Å². The Morgan fingerprint density at radius 1 is 1.63 bits per heavy atom. The highest BCUT2D eigenvalue weighted by Gasteiger charge is 2.20. The van der Waals surface area contributed by atoms with Gasteiger partial charge in [0, 0.05) is 24.1 Å². The molecule has 1 aromatic carbocycles. The van der Waals surface area contributed by atoms with Crippen LogP contribution in [0.3, 0.4) is 0 Å². The Hall–Kier alpha value is -1.42. The van der Waals surface area contributed by atoms with Gasteiger partial charge in [-0.3, -0.25) is 4.90 Å². The first-order valence-electron chi connectivity index (χ1n) is 5.85. The van der Waals surface area contributed by atoms with E-state index < -0.39 is 5.97 Å². The van der Waals surface area contributed by atoms with Crippen molar-refractivity contribution >= 4 is 21.9 Å². The van der Waals surface area contributed by atoms with Crippen LogP contribution in [0.5, 0.6) is 0 Å². The number of benzene rings is 1. The zero-order chi connectivity index (χ0) is 13.8. The van der Waals surface area contributed by atoms with E-state index in [0.29, 0.717) is 19.7 Å². The van der Waals surface area contributed by atoms with E-state index in [-0.39, 0.29) is 11.7 Å². The first-order valence-corrected chi connectivity index (χ1v) is 6.64. The zero-order valence-electron chi connectivity index (χ0n) is 10.2. The summed E-state index contributed by atoms with van der Waals surface area (Å²) in [7, 11) is 0. The highest BCUT2D eigenvalue weighted by molar-refractivity contribution is 9.10. The summed E-state index contributed by atoms with van der Waals surface area (Å²) >= 11 is 3.39. The molecule has 0 spiro atoms. The number of ether oxygens (including phenoxy) is 1. The molecule has 0 bridgehead atoms. The number of carboxylic acid groups (broad SMARTS) is 1. The van der Waals surface area contributed by atoms with Crippen LogP contribution in [0.25, 0.3) is 0 Å². The summed E-state index contributed by atoms with van der Waals surface area (Å²) < 4.78 is 6.05. The second-order valence-corrected chi connectivity index (χ2v) is 5.19. The van der Waals surface area contributed by atoms with Crippen molar-refractivity contribution in [2.45, 2.75) is 12.6 Å². The van der Waals surface area contributed by atoms with Crippen molar-refractivity contribution in [1.29, 1.82) is 5.26 Å². The van der Waals surface area contributed by atoms with Crippen molar-refractivity contribution in [3.63, 3.8) is 0 Å². The third-order valence-corrected chi connectivity index (χ3v) is 3.73. The van der Waals surface area contributed by atoms with Crippen molar-refractivity contribution < 1.29 is 14.6 Å². The molecular formula is C13H13BrN2O3. The van der Waals surface area contributed by atoms with Crippen LogP contribution in [0, 0.1) is 11.3 Å². The maximum absolute atomic E-state index is 10.9. The van der Waals surface area contributed by atoms with Gasteiger partial charge in [-0.1, -0.05) is 22.0 Å². The van der Waals surface area contributed by atoms with Crippen LogP contribution in [0.1, 0.15) is 15.9 Å². The molecule has 0 saturated carbocycles. The Kier molecular flexibility index (Phi) is 4.53. The van der Waals surface area contributed by atoms with E-state index in [4.69, 9.17) is 15.1 Å². The molecular weight excluding hydrogens is 312 g/mol. The second kappa shape index (κ2) is 6.15. The molecule has 2 rings (SSSR count). The second-order valence-electron chi connectivity index (χ2n) is 4.33. The summed E-state index contributed by atoms with van der Waals surface area (Å²) in [4.78, 5) is 13.0. The lowest BCUT2D eigenvalue weighted by Gasteiger charge is -2.29. The fraction of sp³-hybridized carbons (Fsp3) is 0.385. The quantitative estimate of drug-likeness (QED) is 0.918. The zero-order valence-corrected chi connectivity index (χ0v) is 11.8. The molecule has 19 heavy (non-hydrogen) atoms. The summed E-state index contributed by atoms with van der Waals surface area (Å²) in [6.07, 6.45) is -0.384. The number of carboxylic acids is 1. The van der Waals surface area contributed by atoms with Gasteiger partial charge in [0.15, 0.2) is 6.10 Å².